The van der Waals surface area contributed by atoms with Crippen molar-refractivity contribution in [2.45, 2.75) is 13.0 Å². The van der Waals surface area contributed by atoms with E-state index in [4.69, 9.17) is 4.74 Å². The molecule has 0 fully saturated rings. The predicted molar refractivity (Wildman–Crippen MR) is 97.2 cm³/mol. The second kappa shape index (κ2) is 7.61. The van der Waals surface area contributed by atoms with E-state index in [1.807, 2.05) is 0 Å². The fraction of sp³-hybridized carbons (Fsp3) is 0.0952. The van der Waals surface area contributed by atoms with Gasteiger partial charge in [-0.25, -0.2) is 4.79 Å². The van der Waals surface area contributed by atoms with Crippen LogP contribution in [0.25, 0.3) is 0 Å². The molecule has 1 heterocycles. The van der Waals surface area contributed by atoms with E-state index in [2.05, 4.69) is 4.98 Å². The number of ketones is 1. The van der Waals surface area contributed by atoms with Gasteiger partial charge >= 0.3 is 5.97 Å². The van der Waals surface area contributed by atoms with Crippen molar-refractivity contribution in [2.75, 3.05) is 0 Å². The molecule has 5 heteroatoms. The summed E-state index contributed by atoms with van der Waals surface area (Å²) in [6.45, 7) is 1.71. The lowest BCUT2D eigenvalue weighted by Gasteiger charge is -2.17. The third kappa shape index (κ3) is 3.78. The summed E-state index contributed by atoms with van der Waals surface area (Å²) in [5, 5.41) is 0. The number of hydrogen-bond donors (Lipinski definition) is 1. The van der Waals surface area contributed by atoms with E-state index in [0.29, 0.717) is 16.8 Å². The van der Waals surface area contributed by atoms with Gasteiger partial charge in [-0.3, -0.25) is 9.59 Å². The number of esters is 1. The van der Waals surface area contributed by atoms with E-state index in [0.717, 1.165) is 0 Å². The zero-order valence-electron chi connectivity index (χ0n) is 14.1. The molecule has 0 aliphatic heterocycles. The summed E-state index contributed by atoms with van der Waals surface area (Å²) in [6, 6.07) is 20.3. The SMILES string of the molecule is Cc1ccc(C(=O)O[C@@H](C(=O)c2ccccc2)c2ccccc2)c(=O)[nH]1. The quantitative estimate of drug-likeness (QED) is 0.566. The maximum Gasteiger partial charge on any atom is 0.344 e. The van der Waals surface area contributed by atoms with Crippen molar-refractivity contribution in [1.29, 1.82) is 0 Å². The summed E-state index contributed by atoms with van der Waals surface area (Å²) >= 11 is 0. The molecule has 130 valence electrons. The molecular weight excluding hydrogens is 330 g/mol. The van der Waals surface area contributed by atoms with Gasteiger partial charge in [0.1, 0.15) is 5.56 Å². The van der Waals surface area contributed by atoms with Crippen molar-refractivity contribution >= 4 is 11.8 Å². The average molecular weight is 347 g/mol. The first kappa shape index (κ1) is 17.4. The summed E-state index contributed by atoms with van der Waals surface area (Å²) in [7, 11) is 0. The summed E-state index contributed by atoms with van der Waals surface area (Å²) in [6.07, 6.45) is -1.13. The number of benzene rings is 2. The molecule has 0 radical (unpaired) electrons. The Balaban J connectivity index is 1.95. The fourth-order valence-corrected chi connectivity index (χ4v) is 2.56. The van der Waals surface area contributed by atoms with Gasteiger partial charge in [0.2, 0.25) is 5.78 Å². The number of aryl methyl sites for hydroxylation is 1. The van der Waals surface area contributed by atoms with Gasteiger partial charge < -0.3 is 9.72 Å². The Morgan fingerprint density at radius 3 is 2.12 bits per heavy atom. The van der Waals surface area contributed by atoms with Gasteiger partial charge in [0, 0.05) is 16.8 Å². The number of nitrogens with one attached hydrogen (secondary N) is 1. The lowest BCUT2D eigenvalue weighted by molar-refractivity contribution is 0.0278. The van der Waals surface area contributed by atoms with Crippen LogP contribution in [0.1, 0.15) is 38.1 Å². The third-order valence-corrected chi connectivity index (χ3v) is 3.90. The largest absolute Gasteiger partial charge is 0.445 e. The van der Waals surface area contributed by atoms with Crippen molar-refractivity contribution in [2.24, 2.45) is 0 Å². The number of carbonyl (C=O) groups is 2. The molecule has 0 bridgehead atoms. The molecule has 2 aromatic carbocycles. The number of ether oxygens (including phenoxy) is 1. The first-order valence-corrected chi connectivity index (χ1v) is 8.11. The first-order chi connectivity index (χ1) is 12.6. The lowest BCUT2D eigenvalue weighted by atomic mass is 10.00. The smallest absolute Gasteiger partial charge is 0.344 e. The minimum Gasteiger partial charge on any atom is -0.445 e. The van der Waals surface area contributed by atoms with Crippen LogP contribution in [0.2, 0.25) is 0 Å². The molecule has 5 nitrogen and oxygen atoms in total. The van der Waals surface area contributed by atoms with Gasteiger partial charge in [0.25, 0.3) is 5.56 Å². The van der Waals surface area contributed by atoms with Gasteiger partial charge in [0.15, 0.2) is 6.10 Å². The number of Topliss-reactive ketones (excluding diaryl/α,β-unsaturated/α-hetero) is 1. The van der Waals surface area contributed by atoms with Crippen molar-refractivity contribution < 1.29 is 14.3 Å². The van der Waals surface area contributed by atoms with E-state index < -0.39 is 17.6 Å². The Kier molecular flexibility index (Phi) is 5.08. The number of aromatic amines is 1. The lowest BCUT2D eigenvalue weighted by Crippen LogP contribution is -2.25. The Morgan fingerprint density at radius 2 is 1.50 bits per heavy atom. The molecule has 1 N–H and O–H groups in total. The van der Waals surface area contributed by atoms with Crippen LogP contribution in [0, 0.1) is 6.92 Å². The molecule has 0 saturated carbocycles. The molecule has 26 heavy (non-hydrogen) atoms. The van der Waals surface area contributed by atoms with Crippen LogP contribution < -0.4 is 5.56 Å². The Labute approximate surface area is 150 Å². The van der Waals surface area contributed by atoms with Crippen LogP contribution in [-0.4, -0.2) is 16.7 Å². The van der Waals surface area contributed by atoms with Crippen molar-refractivity contribution in [1.82, 2.24) is 4.98 Å². The molecule has 3 aromatic rings. The molecule has 0 saturated heterocycles. The van der Waals surface area contributed by atoms with Gasteiger partial charge in [-0.15, -0.1) is 0 Å². The van der Waals surface area contributed by atoms with Gasteiger partial charge in [0.05, 0.1) is 0 Å². The van der Waals surface area contributed by atoms with E-state index >= 15 is 0 Å². The number of aromatic nitrogens is 1. The number of rotatable bonds is 5. The maximum atomic E-state index is 12.9. The first-order valence-electron chi connectivity index (χ1n) is 8.11. The van der Waals surface area contributed by atoms with Gasteiger partial charge in [-0.2, -0.15) is 0 Å². The topological polar surface area (TPSA) is 76.2 Å². The predicted octanol–water partition coefficient (Wildman–Crippen LogP) is 3.46. The summed E-state index contributed by atoms with van der Waals surface area (Å²) < 4.78 is 5.45. The normalized spacial score (nSPS) is 11.6. The van der Waals surface area contributed by atoms with Crippen LogP contribution in [0.3, 0.4) is 0 Å². The molecule has 0 unspecified atom stereocenters. The highest BCUT2D eigenvalue weighted by molar-refractivity contribution is 6.02. The van der Waals surface area contributed by atoms with Gasteiger partial charge in [-0.05, 0) is 19.1 Å². The molecular formula is C21H17NO4. The van der Waals surface area contributed by atoms with E-state index in [-0.39, 0.29) is 11.3 Å². The van der Waals surface area contributed by atoms with Crippen molar-refractivity contribution in [3.63, 3.8) is 0 Å². The highest BCUT2D eigenvalue weighted by Crippen LogP contribution is 2.23. The van der Waals surface area contributed by atoms with Gasteiger partial charge in [-0.1, -0.05) is 60.7 Å². The number of H-pyrrole nitrogens is 1. The molecule has 0 aliphatic rings. The van der Waals surface area contributed by atoms with Crippen molar-refractivity contribution in [3.05, 3.63) is 106 Å². The Hall–Kier alpha value is -3.47. The minimum atomic E-state index is -1.13. The molecule has 0 amide bonds. The Bertz CT molecular complexity index is 978. The highest BCUT2D eigenvalue weighted by atomic mass is 16.5. The summed E-state index contributed by atoms with van der Waals surface area (Å²) in [5.41, 5.74) is 0.906. The van der Waals surface area contributed by atoms with Crippen LogP contribution in [0.5, 0.6) is 0 Å². The highest BCUT2D eigenvalue weighted by Gasteiger charge is 2.27. The zero-order valence-corrected chi connectivity index (χ0v) is 14.1. The van der Waals surface area contributed by atoms with Crippen LogP contribution >= 0.6 is 0 Å². The molecule has 1 atom stereocenters. The summed E-state index contributed by atoms with van der Waals surface area (Å²) in [4.78, 5) is 39.9. The van der Waals surface area contributed by atoms with E-state index in [1.165, 1.54) is 6.07 Å². The molecule has 1 aromatic heterocycles. The summed E-state index contributed by atoms with van der Waals surface area (Å²) in [5.74, 6) is -1.20. The Morgan fingerprint density at radius 1 is 0.885 bits per heavy atom. The monoisotopic (exact) mass is 347 g/mol. The van der Waals surface area contributed by atoms with Crippen molar-refractivity contribution in [3.8, 4) is 0 Å². The van der Waals surface area contributed by atoms with E-state index in [9.17, 15) is 14.4 Å². The maximum absolute atomic E-state index is 12.9. The molecule has 0 aliphatic carbocycles. The zero-order chi connectivity index (χ0) is 18.5. The standard InChI is InChI=1S/C21H17NO4/c1-14-12-13-17(20(24)22-14)21(25)26-19(16-10-6-3-7-11-16)18(23)15-8-4-2-5-9-15/h2-13,19H,1H3,(H,22,24)/t19-/m1/s1. The fourth-order valence-electron chi connectivity index (χ4n) is 2.56. The molecule has 0 spiro atoms. The third-order valence-electron chi connectivity index (χ3n) is 3.90. The van der Waals surface area contributed by atoms with Crippen LogP contribution in [0.15, 0.2) is 77.6 Å². The van der Waals surface area contributed by atoms with E-state index in [1.54, 1.807) is 73.7 Å². The minimum absolute atomic E-state index is 0.141. The molecule has 3 rings (SSSR count). The number of carbonyl (C=O) groups excluding carboxylic acids is 2. The second-order valence-corrected chi connectivity index (χ2v) is 5.81. The average Bonchev–Trinajstić information content (AvgIpc) is 2.67. The second-order valence-electron chi connectivity index (χ2n) is 5.81. The van der Waals surface area contributed by atoms with Crippen LogP contribution in [-0.2, 0) is 4.74 Å². The number of pyridine rings is 1. The van der Waals surface area contributed by atoms with Crippen LogP contribution in [0.4, 0.5) is 0 Å². The number of hydrogen-bond acceptors (Lipinski definition) is 4.